The van der Waals surface area contributed by atoms with Crippen molar-refractivity contribution < 1.29 is 26.7 Å². The number of primary sulfonamides is 2. The fraction of sp³-hybridized carbons (Fsp3) is 0.143. The normalized spacial score (nSPS) is 12.1. The zero-order valence-corrected chi connectivity index (χ0v) is 25.2. The van der Waals surface area contributed by atoms with Crippen LogP contribution >= 0.6 is 0 Å². The van der Waals surface area contributed by atoms with Crippen molar-refractivity contribution in [3.63, 3.8) is 0 Å². The molecule has 14 nitrogen and oxygen atoms in total. The quantitative estimate of drug-likeness (QED) is 0.166. The number of H-pyrrole nitrogens is 2. The van der Waals surface area contributed by atoms with Crippen LogP contribution in [0.1, 0.15) is 34.0 Å². The number of para-hydroxylation sites is 1. The van der Waals surface area contributed by atoms with E-state index in [1.165, 1.54) is 71.1 Å². The Balaban J connectivity index is 1.74. The maximum Gasteiger partial charge on any atom is 0.275 e. The van der Waals surface area contributed by atoms with Crippen LogP contribution in [0.5, 0.6) is 11.5 Å². The van der Waals surface area contributed by atoms with Crippen LogP contribution in [0.2, 0.25) is 0 Å². The number of hydrogen-bond acceptors (Lipinski definition) is 8. The maximum atomic E-state index is 14.0. The number of benzene rings is 3. The van der Waals surface area contributed by atoms with Crippen LogP contribution in [0.3, 0.4) is 0 Å². The molecule has 0 amide bonds. The molecule has 0 saturated heterocycles. The molecule has 0 atom stereocenters. The van der Waals surface area contributed by atoms with E-state index in [2.05, 4.69) is 10.2 Å². The predicted molar refractivity (Wildman–Crippen MR) is 161 cm³/mol. The van der Waals surface area contributed by atoms with Gasteiger partial charge in [0, 0.05) is 17.0 Å². The van der Waals surface area contributed by atoms with E-state index in [9.17, 15) is 31.5 Å². The van der Waals surface area contributed by atoms with Gasteiger partial charge < -0.3 is 9.84 Å². The van der Waals surface area contributed by atoms with Crippen molar-refractivity contribution in [1.82, 2.24) is 19.6 Å². The number of rotatable bonds is 8. The number of hydrogen-bond donors (Lipinski definition) is 5. The number of nitrogens with two attached hydrogens (primary N) is 2. The molecular weight excluding hydrogens is 612 g/mol. The molecule has 0 unspecified atom stereocenters. The summed E-state index contributed by atoms with van der Waals surface area (Å²) in [6, 6.07) is 15.3. The van der Waals surface area contributed by atoms with E-state index >= 15 is 0 Å². The SMILES string of the molecule is COc1cccc(C(c2c(C)[nH]n(-c3ccc(S(N)(=O)=O)cc3)c2=O)c2c(C)[nH]n(-c3ccc(S(N)(=O)=O)cc3)c2=O)c1O. The number of aromatic nitrogens is 4. The standard InChI is InChI=1S/C28H28N6O8S2/c1-15-23(27(36)33(31-15)17-7-11-19(12-8-17)43(29,38)39)25(21-5-4-6-22(42-3)26(21)35)24-16(2)32-34(28(24)37)18-9-13-20(14-10-18)44(30,40)41/h4-14,25,31-32,35H,1-3H3,(H2,29,38,39)(H2,30,40,41). The first-order valence-electron chi connectivity index (χ1n) is 12.9. The number of nitrogens with one attached hydrogen (secondary N) is 2. The third-order valence-corrected chi connectivity index (χ3v) is 9.08. The summed E-state index contributed by atoms with van der Waals surface area (Å²) >= 11 is 0. The van der Waals surface area contributed by atoms with Crippen molar-refractivity contribution in [3.05, 3.63) is 116 Å². The van der Waals surface area contributed by atoms with E-state index in [1.54, 1.807) is 26.0 Å². The highest BCUT2D eigenvalue weighted by Gasteiger charge is 2.33. The number of phenols is 1. The van der Waals surface area contributed by atoms with Crippen molar-refractivity contribution in [1.29, 1.82) is 0 Å². The highest BCUT2D eigenvalue weighted by molar-refractivity contribution is 7.89. The van der Waals surface area contributed by atoms with E-state index in [-0.39, 0.29) is 38.0 Å². The largest absolute Gasteiger partial charge is 0.504 e. The molecule has 0 spiro atoms. The monoisotopic (exact) mass is 640 g/mol. The van der Waals surface area contributed by atoms with Crippen LogP contribution in [0.15, 0.2) is 86.1 Å². The lowest BCUT2D eigenvalue weighted by Gasteiger charge is -2.18. The summed E-state index contributed by atoms with van der Waals surface area (Å²) in [5.41, 5.74) is 0.635. The summed E-state index contributed by atoms with van der Waals surface area (Å²) in [5, 5.41) is 27.6. The zero-order valence-electron chi connectivity index (χ0n) is 23.6. The molecule has 230 valence electrons. The van der Waals surface area contributed by atoms with Crippen molar-refractivity contribution in [2.45, 2.75) is 29.6 Å². The second kappa shape index (κ2) is 11.0. The predicted octanol–water partition coefficient (Wildman–Crippen LogP) is 1.45. The number of phenolic OH excluding ortho intramolecular Hbond substituents is 1. The molecule has 3 aromatic carbocycles. The van der Waals surface area contributed by atoms with Crippen molar-refractivity contribution in [3.8, 4) is 22.9 Å². The Labute approximate surface area is 251 Å². The fourth-order valence-electron chi connectivity index (χ4n) is 5.12. The number of aryl methyl sites for hydroxylation is 2. The molecule has 0 aliphatic heterocycles. The highest BCUT2D eigenvalue weighted by Crippen LogP contribution is 2.41. The smallest absolute Gasteiger partial charge is 0.275 e. The second-order valence-corrected chi connectivity index (χ2v) is 13.1. The van der Waals surface area contributed by atoms with Gasteiger partial charge in [0.05, 0.1) is 45.3 Å². The highest BCUT2D eigenvalue weighted by atomic mass is 32.2. The summed E-state index contributed by atoms with van der Waals surface area (Å²) in [7, 11) is -6.56. The Morgan fingerprint density at radius 3 is 1.50 bits per heavy atom. The average Bonchev–Trinajstić information content (AvgIpc) is 3.43. The van der Waals surface area contributed by atoms with Gasteiger partial charge in [-0.1, -0.05) is 12.1 Å². The number of sulfonamides is 2. The first-order chi connectivity index (χ1) is 20.6. The van der Waals surface area contributed by atoms with Gasteiger partial charge in [-0.3, -0.25) is 19.8 Å². The molecule has 44 heavy (non-hydrogen) atoms. The van der Waals surface area contributed by atoms with Crippen molar-refractivity contribution in [2.24, 2.45) is 10.3 Å². The third kappa shape index (κ3) is 5.35. The molecule has 0 aliphatic carbocycles. The first-order valence-corrected chi connectivity index (χ1v) is 16.0. The minimum Gasteiger partial charge on any atom is -0.504 e. The van der Waals surface area contributed by atoms with Crippen LogP contribution in [-0.2, 0) is 20.0 Å². The van der Waals surface area contributed by atoms with E-state index in [0.717, 1.165) is 0 Å². The van der Waals surface area contributed by atoms with Gasteiger partial charge in [-0.15, -0.1) is 0 Å². The van der Waals surface area contributed by atoms with E-state index in [4.69, 9.17) is 15.0 Å². The Morgan fingerprint density at radius 2 is 1.14 bits per heavy atom. The fourth-order valence-corrected chi connectivity index (χ4v) is 6.16. The summed E-state index contributed by atoms with van der Waals surface area (Å²) in [4.78, 5) is 27.8. The first kappa shape index (κ1) is 30.6. The lowest BCUT2D eigenvalue weighted by molar-refractivity contribution is 0.370. The topological polar surface area (TPSA) is 225 Å². The number of ether oxygens (including phenoxy) is 1. The molecule has 5 rings (SSSR count). The minimum atomic E-state index is -3.97. The zero-order chi connectivity index (χ0) is 32.1. The van der Waals surface area contributed by atoms with E-state index in [1.807, 2.05) is 0 Å². The summed E-state index contributed by atoms with van der Waals surface area (Å²) in [5.74, 6) is -1.28. The molecule has 16 heteroatoms. The third-order valence-electron chi connectivity index (χ3n) is 7.22. The van der Waals surface area contributed by atoms with Gasteiger partial charge in [0.25, 0.3) is 11.1 Å². The molecule has 0 radical (unpaired) electrons. The van der Waals surface area contributed by atoms with Gasteiger partial charge in [0.2, 0.25) is 20.0 Å². The van der Waals surface area contributed by atoms with Crippen molar-refractivity contribution >= 4 is 20.0 Å². The van der Waals surface area contributed by atoms with Gasteiger partial charge in [-0.25, -0.2) is 36.5 Å². The summed E-state index contributed by atoms with van der Waals surface area (Å²) in [6.45, 7) is 3.26. The van der Waals surface area contributed by atoms with Crippen LogP contribution < -0.4 is 26.1 Å². The molecule has 5 aromatic rings. The van der Waals surface area contributed by atoms with Crippen LogP contribution in [0.4, 0.5) is 0 Å². The maximum absolute atomic E-state index is 14.0. The Hall–Kier alpha value is -4.90. The van der Waals surface area contributed by atoms with Crippen molar-refractivity contribution in [2.75, 3.05) is 7.11 Å². The number of aromatic hydroxyl groups is 1. The molecule has 0 fully saturated rings. The molecule has 0 aliphatic rings. The molecule has 2 heterocycles. The van der Waals surface area contributed by atoms with Gasteiger partial charge >= 0.3 is 0 Å². The van der Waals surface area contributed by atoms with Crippen LogP contribution in [-0.4, -0.2) is 48.6 Å². The van der Waals surface area contributed by atoms with E-state index < -0.39 is 37.1 Å². The summed E-state index contributed by atoms with van der Waals surface area (Å²) < 4.78 is 54.6. The number of nitrogens with zero attached hydrogens (tertiary/aromatic N) is 2. The molecule has 2 aromatic heterocycles. The Morgan fingerprint density at radius 1 is 0.727 bits per heavy atom. The van der Waals surface area contributed by atoms with Crippen LogP contribution in [0, 0.1) is 13.8 Å². The second-order valence-electron chi connectivity index (χ2n) is 9.99. The number of aromatic amines is 2. The molecule has 7 N–H and O–H groups in total. The lowest BCUT2D eigenvalue weighted by Crippen LogP contribution is -2.25. The molecule has 0 bridgehead atoms. The van der Waals surface area contributed by atoms with Crippen LogP contribution in [0.25, 0.3) is 11.4 Å². The minimum absolute atomic E-state index is 0.117. The molecule has 0 saturated carbocycles. The molecular formula is C28H28N6O8S2. The van der Waals surface area contributed by atoms with Gasteiger partial charge in [0.1, 0.15) is 0 Å². The Kier molecular flexibility index (Phi) is 7.63. The van der Waals surface area contributed by atoms with Gasteiger partial charge in [-0.2, -0.15) is 0 Å². The van der Waals surface area contributed by atoms with E-state index in [0.29, 0.717) is 22.8 Å². The summed E-state index contributed by atoms with van der Waals surface area (Å²) in [6.07, 6.45) is 0. The van der Waals surface area contributed by atoms with Gasteiger partial charge in [0.15, 0.2) is 11.5 Å². The number of methoxy groups -OCH3 is 1. The lowest BCUT2D eigenvalue weighted by atomic mass is 9.84. The average molecular weight is 641 g/mol. The Bertz CT molecular complexity index is 2090. The van der Waals surface area contributed by atoms with Gasteiger partial charge in [-0.05, 0) is 68.4 Å².